The minimum Gasteiger partial charge on any atom is -0.493 e. The second-order valence-corrected chi connectivity index (χ2v) is 10.5. The number of hydrogen-bond donors (Lipinski definition) is 2. The van der Waals surface area contributed by atoms with E-state index in [1.54, 1.807) is 66.7 Å². The van der Waals surface area contributed by atoms with Crippen LogP contribution in [0.25, 0.3) is 6.08 Å². The molecule has 4 aromatic rings. The van der Waals surface area contributed by atoms with Gasteiger partial charge >= 0.3 is 10.1 Å². The van der Waals surface area contributed by atoms with Crippen molar-refractivity contribution in [3.63, 3.8) is 0 Å². The second kappa shape index (κ2) is 12.5. The van der Waals surface area contributed by atoms with Crippen molar-refractivity contribution < 1.29 is 26.9 Å². The number of hydrogen-bond acceptors (Lipinski definition) is 6. The summed E-state index contributed by atoms with van der Waals surface area (Å²) in [7, 11) is -2.77. The summed E-state index contributed by atoms with van der Waals surface area (Å²) in [4.78, 5) is 26.1. The van der Waals surface area contributed by atoms with E-state index in [-0.39, 0.29) is 22.1 Å². The number of aryl methyl sites for hydroxylation is 1. The van der Waals surface area contributed by atoms with Gasteiger partial charge in [-0.15, -0.1) is 0 Å². The number of carbonyl (C=O) groups is 2. The van der Waals surface area contributed by atoms with E-state index in [0.29, 0.717) is 21.8 Å². The van der Waals surface area contributed by atoms with Crippen molar-refractivity contribution in [1.82, 2.24) is 5.32 Å². The van der Waals surface area contributed by atoms with Gasteiger partial charge in [0.2, 0.25) is 0 Å². The Balaban J connectivity index is 1.66. The lowest BCUT2D eigenvalue weighted by Gasteiger charge is -2.14. The van der Waals surface area contributed by atoms with Crippen LogP contribution in [0.4, 0.5) is 5.69 Å². The van der Waals surface area contributed by atoms with Crippen LogP contribution in [0.15, 0.2) is 108 Å². The predicted octanol–water partition coefficient (Wildman–Crippen LogP) is 5.83. The molecule has 2 amide bonds. The van der Waals surface area contributed by atoms with E-state index >= 15 is 0 Å². The van der Waals surface area contributed by atoms with Crippen LogP contribution in [0.1, 0.15) is 21.5 Å². The second-order valence-electron chi connectivity index (χ2n) is 8.57. The number of anilines is 1. The number of ether oxygens (including phenoxy) is 1. The number of nitrogens with one attached hydrogen (secondary N) is 2. The normalized spacial score (nSPS) is 11.4. The van der Waals surface area contributed by atoms with E-state index in [9.17, 15) is 18.0 Å². The molecule has 0 spiro atoms. The summed E-state index contributed by atoms with van der Waals surface area (Å²) < 4.78 is 36.3. The van der Waals surface area contributed by atoms with Crippen LogP contribution in [0.2, 0.25) is 5.02 Å². The Bertz CT molecular complexity index is 1670. The van der Waals surface area contributed by atoms with Crippen molar-refractivity contribution in [3.05, 3.63) is 124 Å². The average molecular weight is 577 g/mol. The zero-order chi connectivity index (χ0) is 28.7. The molecule has 204 valence electrons. The van der Waals surface area contributed by atoms with Crippen molar-refractivity contribution in [1.29, 1.82) is 0 Å². The van der Waals surface area contributed by atoms with E-state index in [0.717, 1.165) is 5.56 Å². The maximum absolute atomic E-state index is 13.2. The third-order valence-corrected chi connectivity index (χ3v) is 7.24. The Labute approximate surface area is 237 Å². The first-order valence-corrected chi connectivity index (χ1v) is 13.8. The van der Waals surface area contributed by atoms with Crippen molar-refractivity contribution in [3.8, 4) is 11.5 Å². The molecule has 0 aliphatic heterocycles. The van der Waals surface area contributed by atoms with Gasteiger partial charge in [-0.2, -0.15) is 8.42 Å². The number of benzene rings is 4. The highest BCUT2D eigenvalue weighted by atomic mass is 35.5. The Morgan fingerprint density at radius 1 is 0.850 bits per heavy atom. The molecule has 0 radical (unpaired) electrons. The molecule has 4 rings (SSSR count). The summed E-state index contributed by atoms with van der Waals surface area (Å²) >= 11 is 6.20. The van der Waals surface area contributed by atoms with E-state index in [4.69, 9.17) is 20.5 Å². The van der Waals surface area contributed by atoms with Crippen LogP contribution < -0.4 is 19.6 Å². The predicted molar refractivity (Wildman–Crippen MR) is 154 cm³/mol. The number of methoxy groups -OCH3 is 1. The number of rotatable bonds is 9. The fourth-order valence-electron chi connectivity index (χ4n) is 3.58. The highest BCUT2D eigenvalue weighted by Crippen LogP contribution is 2.32. The lowest BCUT2D eigenvalue weighted by atomic mass is 10.1. The molecule has 2 N–H and O–H groups in total. The minimum atomic E-state index is -4.13. The fourth-order valence-corrected chi connectivity index (χ4v) is 4.70. The standard InChI is InChI=1S/C30H25ClN2O6S/c1-20-12-15-23(16-13-20)40(36,37)39-27-17-14-21(19-28(27)38-2)18-26(33-29(34)22-8-4-3-5-9-22)30(35)32-25-11-7-6-10-24(25)31/h3-19H,1-2H3,(H,32,35)(H,33,34)/b26-18-. The molecule has 0 aromatic heterocycles. The first-order valence-electron chi connectivity index (χ1n) is 12.0. The van der Waals surface area contributed by atoms with Gasteiger partial charge in [0.25, 0.3) is 11.8 Å². The van der Waals surface area contributed by atoms with E-state index in [1.807, 2.05) is 6.92 Å². The van der Waals surface area contributed by atoms with Gasteiger partial charge in [0.05, 0.1) is 17.8 Å². The van der Waals surface area contributed by atoms with Crippen LogP contribution >= 0.6 is 11.6 Å². The van der Waals surface area contributed by atoms with E-state index in [1.165, 1.54) is 43.5 Å². The Morgan fingerprint density at radius 3 is 2.20 bits per heavy atom. The summed E-state index contributed by atoms with van der Waals surface area (Å²) in [5.41, 5.74) is 1.95. The molecule has 0 bridgehead atoms. The van der Waals surface area contributed by atoms with Gasteiger partial charge in [-0.05, 0) is 67.1 Å². The number of carbonyl (C=O) groups excluding carboxylic acids is 2. The Kier molecular flexibility index (Phi) is 8.88. The largest absolute Gasteiger partial charge is 0.493 e. The van der Waals surface area contributed by atoms with Crippen molar-refractivity contribution in [2.75, 3.05) is 12.4 Å². The first-order chi connectivity index (χ1) is 19.2. The highest BCUT2D eigenvalue weighted by molar-refractivity contribution is 7.87. The summed E-state index contributed by atoms with van der Waals surface area (Å²) in [6.07, 6.45) is 1.42. The van der Waals surface area contributed by atoms with Crippen molar-refractivity contribution >= 4 is 45.3 Å². The Hall–Kier alpha value is -4.60. The topological polar surface area (TPSA) is 111 Å². The summed E-state index contributed by atoms with van der Waals surface area (Å²) in [6.45, 7) is 1.85. The van der Waals surface area contributed by atoms with Gasteiger partial charge in [0, 0.05) is 5.56 Å². The number of para-hydroxylation sites is 1. The molecule has 0 heterocycles. The highest BCUT2D eigenvalue weighted by Gasteiger charge is 2.20. The van der Waals surface area contributed by atoms with Crippen LogP contribution in [-0.2, 0) is 14.9 Å². The molecule has 0 fully saturated rings. The zero-order valence-electron chi connectivity index (χ0n) is 21.6. The quantitative estimate of drug-likeness (QED) is 0.191. The zero-order valence-corrected chi connectivity index (χ0v) is 23.1. The van der Waals surface area contributed by atoms with Crippen LogP contribution in [0, 0.1) is 6.92 Å². The Morgan fingerprint density at radius 2 is 1.52 bits per heavy atom. The van der Waals surface area contributed by atoms with Gasteiger partial charge < -0.3 is 19.6 Å². The van der Waals surface area contributed by atoms with Crippen LogP contribution in [-0.4, -0.2) is 27.3 Å². The molecule has 0 saturated heterocycles. The maximum atomic E-state index is 13.2. The molecule has 0 unspecified atom stereocenters. The van der Waals surface area contributed by atoms with Gasteiger partial charge in [-0.1, -0.05) is 65.7 Å². The smallest absolute Gasteiger partial charge is 0.339 e. The molecular formula is C30H25ClN2O6S. The van der Waals surface area contributed by atoms with E-state index < -0.39 is 21.9 Å². The molecule has 4 aromatic carbocycles. The van der Waals surface area contributed by atoms with Gasteiger partial charge in [-0.3, -0.25) is 9.59 Å². The molecule has 10 heteroatoms. The van der Waals surface area contributed by atoms with Crippen LogP contribution in [0.3, 0.4) is 0 Å². The minimum absolute atomic E-state index is 0.00807. The van der Waals surface area contributed by atoms with Gasteiger partial charge in [0.1, 0.15) is 10.6 Å². The first kappa shape index (κ1) is 28.4. The van der Waals surface area contributed by atoms with Gasteiger partial charge in [-0.25, -0.2) is 0 Å². The van der Waals surface area contributed by atoms with Crippen LogP contribution in [0.5, 0.6) is 11.5 Å². The third kappa shape index (κ3) is 7.07. The third-order valence-electron chi connectivity index (χ3n) is 5.66. The molecule has 40 heavy (non-hydrogen) atoms. The number of halogens is 1. The molecule has 0 aliphatic rings. The molecule has 0 saturated carbocycles. The summed E-state index contributed by atoms with van der Waals surface area (Å²) in [6, 6.07) is 25.7. The number of amides is 2. The van der Waals surface area contributed by atoms with Crippen molar-refractivity contribution in [2.45, 2.75) is 11.8 Å². The molecular weight excluding hydrogens is 552 g/mol. The van der Waals surface area contributed by atoms with E-state index in [2.05, 4.69) is 10.6 Å². The molecule has 0 aliphatic carbocycles. The molecule has 8 nitrogen and oxygen atoms in total. The fraction of sp³-hybridized carbons (Fsp3) is 0.0667. The summed E-state index contributed by atoms with van der Waals surface area (Å²) in [5, 5.41) is 5.65. The lowest BCUT2D eigenvalue weighted by Crippen LogP contribution is -2.30. The summed E-state index contributed by atoms with van der Waals surface area (Å²) in [5.74, 6) is -1.07. The average Bonchev–Trinajstić information content (AvgIpc) is 2.95. The SMILES string of the molecule is COc1cc(/C=C(\NC(=O)c2ccccc2)C(=O)Nc2ccccc2Cl)ccc1OS(=O)(=O)c1ccc(C)cc1. The lowest BCUT2D eigenvalue weighted by molar-refractivity contribution is -0.113. The maximum Gasteiger partial charge on any atom is 0.339 e. The van der Waals surface area contributed by atoms with Gasteiger partial charge in [0.15, 0.2) is 11.5 Å². The van der Waals surface area contributed by atoms with Crippen molar-refractivity contribution in [2.24, 2.45) is 0 Å². The molecule has 0 atom stereocenters. The monoisotopic (exact) mass is 576 g/mol.